The first-order valence-corrected chi connectivity index (χ1v) is 8.86. The minimum absolute atomic E-state index is 0.292. The molecular formula is C18H20N4S. The van der Waals surface area contributed by atoms with Crippen LogP contribution < -0.4 is 0 Å². The predicted molar refractivity (Wildman–Crippen MR) is 96.4 cm³/mol. The van der Waals surface area contributed by atoms with Crippen LogP contribution in [0.3, 0.4) is 0 Å². The van der Waals surface area contributed by atoms with Crippen LogP contribution in [0.25, 0.3) is 5.65 Å². The Bertz CT molecular complexity index is 865. The molecule has 0 saturated heterocycles. The predicted octanol–water partition coefficient (Wildman–Crippen LogP) is 5.90. The minimum Gasteiger partial charge on any atom is -0.283 e. The Labute approximate surface area is 140 Å². The zero-order valence-corrected chi connectivity index (χ0v) is 14.6. The summed E-state index contributed by atoms with van der Waals surface area (Å²) >= 11 is 1.70. The van der Waals surface area contributed by atoms with Crippen molar-refractivity contribution in [1.29, 1.82) is 0 Å². The third-order valence-electron chi connectivity index (χ3n) is 3.71. The van der Waals surface area contributed by atoms with Crippen molar-refractivity contribution in [3.05, 3.63) is 53.9 Å². The molecule has 5 heteroatoms. The second kappa shape index (κ2) is 6.54. The number of aromatic nitrogens is 2. The van der Waals surface area contributed by atoms with Crippen LogP contribution in [-0.2, 0) is 0 Å². The Kier molecular flexibility index (Phi) is 4.48. The number of rotatable bonds is 4. The number of hydrogen-bond acceptors (Lipinski definition) is 4. The van der Waals surface area contributed by atoms with Crippen LogP contribution in [0.2, 0.25) is 0 Å². The van der Waals surface area contributed by atoms with E-state index in [1.807, 2.05) is 34.9 Å². The highest BCUT2D eigenvalue weighted by atomic mass is 32.2. The number of imidazole rings is 1. The van der Waals surface area contributed by atoms with Crippen molar-refractivity contribution in [3.63, 3.8) is 0 Å². The van der Waals surface area contributed by atoms with E-state index in [2.05, 4.69) is 49.4 Å². The Hall–Kier alpha value is -2.14. The molecular weight excluding hydrogens is 304 g/mol. The van der Waals surface area contributed by atoms with E-state index < -0.39 is 0 Å². The van der Waals surface area contributed by atoms with Gasteiger partial charge in [-0.1, -0.05) is 26.0 Å². The first-order chi connectivity index (χ1) is 11.1. The van der Waals surface area contributed by atoms with Gasteiger partial charge in [-0.25, -0.2) is 4.98 Å². The average molecular weight is 324 g/mol. The molecule has 0 saturated carbocycles. The van der Waals surface area contributed by atoms with E-state index >= 15 is 0 Å². The number of pyridine rings is 1. The quantitative estimate of drug-likeness (QED) is 0.442. The van der Waals surface area contributed by atoms with E-state index in [0.717, 1.165) is 28.4 Å². The van der Waals surface area contributed by atoms with E-state index in [9.17, 15) is 0 Å². The number of benzene rings is 1. The topological polar surface area (TPSA) is 42.0 Å². The third kappa shape index (κ3) is 3.15. The fourth-order valence-electron chi connectivity index (χ4n) is 2.47. The van der Waals surface area contributed by atoms with Gasteiger partial charge in [0.2, 0.25) is 0 Å². The van der Waals surface area contributed by atoms with Crippen LogP contribution in [0, 0.1) is 6.92 Å². The molecule has 118 valence electrons. The van der Waals surface area contributed by atoms with Gasteiger partial charge < -0.3 is 0 Å². The van der Waals surface area contributed by atoms with Gasteiger partial charge in [-0.3, -0.25) is 4.40 Å². The minimum atomic E-state index is 0.292. The molecule has 23 heavy (non-hydrogen) atoms. The maximum Gasteiger partial charge on any atom is 0.183 e. The number of thioether (sulfide) groups is 1. The van der Waals surface area contributed by atoms with E-state index in [0.29, 0.717) is 5.92 Å². The molecule has 0 aliphatic rings. The van der Waals surface area contributed by atoms with Gasteiger partial charge in [-0.15, -0.1) is 22.0 Å². The van der Waals surface area contributed by atoms with E-state index in [1.54, 1.807) is 11.8 Å². The summed E-state index contributed by atoms with van der Waals surface area (Å²) in [4.78, 5) is 5.94. The maximum absolute atomic E-state index is 4.76. The van der Waals surface area contributed by atoms with Crippen LogP contribution in [0.15, 0.2) is 57.7 Å². The highest BCUT2D eigenvalue weighted by Crippen LogP contribution is 2.31. The second-order valence-corrected chi connectivity index (χ2v) is 6.64. The van der Waals surface area contributed by atoms with Crippen LogP contribution in [-0.4, -0.2) is 15.6 Å². The summed E-state index contributed by atoms with van der Waals surface area (Å²) in [6, 6.07) is 12.2. The lowest BCUT2D eigenvalue weighted by molar-refractivity contribution is 0.831. The number of hydrogen-bond donors (Lipinski definition) is 0. The number of nitrogens with zero attached hydrogens (tertiary/aromatic N) is 4. The van der Waals surface area contributed by atoms with Gasteiger partial charge in [0, 0.05) is 11.1 Å². The highest BCUT2D eigenvalue weighted by molar-refractivity contribution is 7.98. The SMILES string of the molecule is CSc1cccc(N=Nc2c(C(C)C)nc3c(C)cccn23)c1. The Balaban J connectivity index is 2.09. The summed E-state index contributed by atoms with van der Waals surface area (Å²) in [5.74, 6) is 1.11. The molecule has 0 bridgehead atoms. The fourth-order valence-corrected chi connectivity index (χ4v) is 2.93. The number of fused-ring (bicyclic) bond motifs is 1. The van der Waals surface area contributed by atoms with E-state index in [-0.39, 0.29) is 0 Å². The molecule has 0 radical (unpaired) electrons. The molecule has 0 aliphatic heterocycles. The molecule has 0 unspecified atom stereocenters. The number of aryl methyl sites for hydroxylation is 1. The van der Waals surface area contributed by atoms with Crippen LogP contribution in [0.4, 0.5) is 11.5 Å². The molecule has 0 amide bonds. The van der Waals surface area contributed by atoms with Gasteiger partial charge in [-0.05, 0) is 48.9 Å². The zero-order chi connectivity index (χ0) is 16.4. The maximum atomic E-state index is 4.76. The summed E-state index contributed by atoms with van der Waals surface area (Å²) in [6.45, 7) is 6.32. The lowest BCUT2D eigenvalue weighted by Gasteiger charge is -2.02. The standard InChI is InChI=1S/C18H20N4S/c1-12(2)16-18(22-10-6-7-13(3)17(22)19-16)21-20-14-8-5-9-15(11-14)23-4/h5-12H,1-4H3. The van der Waals surface area contributed by atoms with Crippen LogP contribution in [0.1, 0.15) is 31.0 Å². The molecule has 0 spiro atoms. The smallest absolute Gasteiger partial charge is 0.183 e. The highest BCUT2D eigenvalue weighted by Gasteiger charge is 2.15. The fraction of sp³-hybridized carbons (Fsp3) is 0.278. The van der Waals surface area contributed by atoms with E-state index in [1.165, 1.54) is 4.90 Å². The molecule has 0 fully saturated rings. The van der Waals surface area contributed by atoms with Crippen molar-refractivity contribution >= 4 is 28.9 Å². The normalized spacial score (nSPS) is 11.9. The molecule has 1 aromatic carbocycles. The van der Waals surface area contributed by atoms with Gasteiger partial charge in [0.05, 0.1) is 11.4 Å². The molecule has 0 atom stereocenters. The summed E-state index contributed by atoms with van der Waals surface area (Å²) in [5.41, 5.74) is 3.92. The number of azo groups is 1. The second-order valence-electron chi connectivity index (χ2n) is 5.76. The Morgan fingerprint density at radius 1 is 1.13 bits per heavy atom. The summed E-state index contributed by atoms with van der Waals surface area (Å²) in [5, 5.41) is 8.95. The van der Waals surface area contributed by atoms with Crippen molar-refractivity contribution < 1.29 is 0 Å². The van der Waals surface area contributed by atoms with Gasteiger partial charge in [0.1, 0.15) is 5.65 Å². The zero-order valence-electron chi connectivity index (χ0n) is 13.8. The van der Waals surface area contributed by atoms with Crippen molar-refractivity contribution in [3.8, 4) is 0 Å². The van der Waals surface area contributed by atoms with Crippen molar-refractivity contribution in [1.82, 2.24) is 9.38 Å². The van der Waals surface area contributed by atoms with Crippen molar-refractivity contribution in [2.75, 3.05) is 6.26 Å². The Morgan fingerprint density at radius 2 is 1.96 bits per heavy atom. The molecule has 2 heterocycles. The van der Waals surface area contributed by atoms with Gasteiger partial charge in [0.15, 0.2) is 5.82 Å². The monoisotopic (exact) mass is 324 g/mol. The van der Waals surface area contributed by atoms with E-state index in [4.69, 9.17) is 4.98 Å². The lowest BCUT2D eigenvalue weighted by Crippen LogP contribution is -1.87. The molecule has 0 N–H and O–H groups in total. The largest absolute Gasteiger partial charge is 0.283 e. The molecule has 0 aliphatic carbocycles. The third-order valence-corrected chi connectivity index (χ3v) is 4.43. The molecule has 3 rings (SSSR count). The summed E-state index contributed by atoms with van der Waals surface area (Å²) < 4.78 is 2.02. The van der Waals surface area contributed by atoms with Crippen LogP contribution in [0.5, 0.6) is 0 Å². The van der Waals surface area contributed by atoms with Crippen LogP contribution >= 0.6 is 11.8 Å². The Morgan fingerprint density at radius 3 is 2.70 bits per heavy atom. The molecule has 3 aromatic rings. The molecule has 2 aromatic heterocycles. The average Bonchev–Trinajstić information content (AvgIpc) is 2.93. The summed E-state index contributed by atoms with van der Waals surface area (Å²) in [6.07, 6.45) is 4.05. The van der Waals surface area contributed by atoms with Gasteiger partial charge in [-0.2, -0.15) is 0 Å². The van der Waals surface area contributed by atoms with Gasteiger partial charge >= 0.3 is 0 Å². The van der Waals surface area contributed by atoms with Crippen molar-refractivity contribution in [2.45, 2.75) is 31.6 Å². The van der Waals surface area contributed by atoms with Gasteiger partial charge in [0.25, 0.3) is 0 Å². The lowest BCUT2D eigenvalue weighted by atomic mass is 10.1. The first-order valence-electron chi connectivity index (χ1n) is 7.63. The summed E-state index contributed by atoms with van der Waals surface area (Å²) in [7, 11) is 0. The first kappa shape index (κ1) is 15.7. The molecule has 4 nitrogen and oxygen atoms in total. The van der Waals surface area contributed by atoms with Crippen molar-refractivity contribution in [2.24, 2.45) is 10.2 Å².